The molecule has 0 spiro atoms. The Morgan fingerprint density at radius 1 is 1.36 bits per heavy atom. The summed E-state index contributed by atoms with van der Waals surface area (Å²) in [4.78, 5) is 0. The van der Waals surface area contributed by atoms with Gasteiger partial charge in [0.25, 0.3) is 0 Å². The maximum atomic E-state index is 9.29. The number of hydrogen-bond acceptors (Lipinski definition) is 4. The van der Waals surface area contributed by atoms with Gasteiger partial charge in [-0.2, -0.15) is 0 Å². The number of methoxy groups -OCH3 is 1. The molecule has 1 aromatic carbocycles. The van der Waals surface area contributed by atoms with E-state index >= 15 is 0 Å². The molecule has 0 amide bonds. The molecular formula is C10H15NO3. The average molecular weight is 197 g/mol. The van der Waals surface area contributed by atoms with Crippen molar-refractivity contribution in [3.63, 3.8) is 0 Å². The molecule has 1 rings (SSSR count). The summed E-state index contributed by atoms with van der Waals surface area (Å²) in [5, 5.41) is 21.4. The Balaban J connectivity index is 2.88. The van der Waals surface area contributed by atoms with Gasteiger partial charge in [-0.15, -0.1) is 0 Å². The molecule has 14 heavy (non-hydrogen) atoms. The van der Waals surface area contributed by atoms with Crippen LogP contribution in [0.15, 0.2) is 18.2 Å². The van der Waals surface area contributed by atoms with E-state index in [9.17, 15) is 5.11 Å². The highest BCUT2D eigenvalue weighted by Gasteiger charge is 2.11. The van der Waals surface area contributed by atoms with Crippen LogP contribution in [0.2, 0.25) is 0 Å². The number of likely N-dealkylation sites (N-methyl/N-ethyl adjacent to an activating group) is 1. The highest BCUT2D eigenvalue weighted by atomic mass is 16.5. The van der Waals surface area contributed by atoms with Crippen molar-refractivity contribution in [1.29, 1.82) is 0 Å². The summed E-state index contributed by atoms with van der Waals surface area (Å²) in [5.74, 6) is -0.242. The van der Waals surface area contributed by atoms with E-state index in [2.05, 4.69) is 5.32 Å². The van der Waals surface area contributed by atoms with Gasteiger partial charge in [-0.05, 0) is 24.7 Å². The Kier molecular flexibility index (Phi) is 3.73. The Labute approximate surface area is 83.1 Å². The van der Waals surface area contributed by atoms with Gasteiger partial charge in [0.1, 0.15) is 0 Å². The third-order valence-electron chi connectivity index (χ3n) is 2.05. The molecule has 78 valence electrons. The number of hydrogen-bond donors (Lipinski definition) is 3. The molecule has 0 aliphatic carbocycles. The SMILES string of the molecule is CNC[C@H](OC)c1ccc(O)c(O)c1. The van der Waals surface area contributed by atoms with Gasteiger partial charge >= 0.3 is 0 Å². The number of phenolic OH excluding ortho intramolecular Hbond substituents is 2. The van der Waals surface area contributed by atoms with Crippen molar-refractivity contribution in [3.8, 4) is 11.5 Å². The molecule has 0 unspecified atom stereocenters. The molecule has 1 atom stereocenters. The van der Waals surface area contributed by atoms with Gasteiger partial charge in [0.05, 0.1) is 6.10 Å². The minimum absolute atomic E-state index is 0.118. The van der Waals surface area contributed by atoms with Crippen LogP contribution in [0.5, 0.6) is 11.5 Å². The first-order valence-corrected chi connectivity index (χ1v) is 4.38. The molecule has 4 nitrogen and oxygen atoms in total. The monoisotopic (exact) mass is 197 g/mol. The fourth-order valence-corrected chi connectivity index (χ4v) is 1.26. The minimum Gasteiger partial charge on any atom is -0.504 e. The zero-order valence-corrected chi connectivity index (χ0v) is 8.32. The molecule has 1 aromatic rings. The summed E-state index contributed by atoms with van der Waals surface area (Å²) < 4.78 is 5.22. The van der Waals surface area contributed by atoms with E-state index in [1.807, 2.05) is 7.05 Å². The Morgan fingerprint density at radius 2 is 2.07 bits per heavy atom. The van der Waals surface area contributed by atoms with Crippen molar-refractivity contribution in [3.05, 3.63) is 23.8 Å². The topological polar surface area (TPSA) is 61.7 Å². The summed E-state index contributed by atoms with van der Waals surface area (Å²) in [5.41, 5.74) is 0.831. The fraction of sp³-hybridized carbons (Fsp3) is 0.400. The number of nitrogens with one attached hydrogen (secondary N) is 1. The number of ether oxygens (including phenoxy) is 1. The van der Waals surface area contributed by atoms with Gasteiger partial charge in [-0.3, -0.25) is 0 Å². The lowest BCUT2D eigenvalue weighted by molar-refractivity contribution is 0.104. The quantitative estimate of drug-likeness (QED) is 0.630. The van der Waals surface area contributed by atoms with Crippen LogP contribution in [-0.4, -0.2) is 30.9 Å². The van der Waals surface area contributed by atoms with Gasteiger partial charge in [-0.25, -0.2) is 0 Å². The van der Waals surface area contributed by atoms with Gasteiger partial charge in [0.15, 0.2) is 11.5 Å². The predicted octanol–water partition coefficient (Wildman–Crippen LogP) is 1.00. The number of phenols is 2. The van der Waals surface area contributed by atoms with Gasteiger partial charge in [0.2, 0.25) is 0 Å². The van der Waals surface area contributed by atoms with Crippen LogP contribution in [0.1, 0.15) is 11.7 Å². The molecule has 0 aliphatic heterocycles. The Hall–Kier alpha value is -1.26. The molecule has 3 N–H and O–H groups in total. The van der Waals surface area contributed by atoms with Crippen molar-refractivity contribution in [2.75, 3.05) is 20.7 Å². The molecule has 0 radical (unpaired) electrons. The van der Waals surface area contributed by atoms with Crippen molar-refractivity contribution in [2.45, 2.75) is 6.10 Å². The molecule has 0 saturated carbocycles. The third kappa shape index (κ3) is 2.37. The minimum atomic E-state index is -0.124. The van der Waals surface area contributed by atoms with Crippen LogP contribution in [-0.2, 0) is 4.74 Å². The number of aromatic hydroxyl groups is 2. The molecule has 0 aliphatic rings. The molecular weight excluding hydrogens is 182 g/mol. The second kappa shape index (κ2) is 4.83. The van der Waals surface area contributed by atoms with E-state index in [1.54, 1.807) is 13.2 Å². The summed E-state index contributed by atoms with van der Waals surface area (Å²) in [6.45, 7) is 0.653. The Morgan fingerprint density at radius 3 is 2.57 bits per heavy atom. The zero-order chi connectivity index (χ0) is 10.6. The molecule has 0 bridgehead atoms. The fourth-order valence-electron chi connectivity index (χ4n) is 1.26. The van der Waals surface area contributed by atoms with Crippen LogP contribution in [0.3, 0.4) is 0 Å². The summed E-state index contributed by atoms with van der Waals surface area (Å²) >= 11 is 0. The van der Waals surface area contributed by atoms with Crippen molar-refractivity contribution in [2.24, 2.45) is 0 Å². The van der Waals surface area contributed by atoms with E-state index < -0.39 is 0 Å². The average Bonchev–Trinajstić information content (AvgIpc) is 2.19. The van der Waals surface area contributed by atoms with Crippen LogP contribution in [0, 0.1) is 0 Å². The van der Waals surface area contributed by atoms with E-state index in [0.717, 1.165) is 5.56 Å². The molecule has 0 aromatic heterocycles. The second-order valence-corrected chi connectivity index (χ2v) is 3.03. The van der Waals surface area contributed by atoms with Crippen LogP contribution in [0.4, 0.5) is 0 Å². The predicted molar refractivity (Wildman–Crippen MR) is 53.4 cm³/mol. The second-order valence-electron chi connectivity index (χ2n) is 3.03. The Bertz CT molecular complexity index is 301. The lowest BCUT2D eigenvalue weighted by Crippen LogP contribution is -2.18. The van der Waals surface area contributed by atoms with Crippen LogP contribution < -0.4 is 5.32 Å². The highest BCUT2D eigenvalue weighted by molar-refractivity contribution is 5.41. The normalized spacial score (nSPS) is 12.7. The van der Waals surface area contributed by atoms with Crippen molar-refractivity contribution in [1.82, 2.24) is 5.32 Å². The maximum Gasteiger partial charge on any atom is 0.157 e. The lowest BCUT2D eigenvalue weighted by Gasteiger charge is -2.15. The first kappa shape index (κ1) is 10.8. The largest absolute Gasteiger partial charge is 0.504 e. The summed E-state index contributed by atoms with van der Waals surface area (Å²) in [6, 6.07) is 4.67. The van der Waals surface area contributed by atoms with Gasteiger partial charge in [0, 0.05) is 13.7 Å². The van der Waals surface area contributed by atoms with E-state index in [4.69, 9.17) is 9.84 Å². The van der Waals surface area contributed by atoms with Crippen LogP contribution in [0.25, 0.3) is 0 Å². The molecule has 0 fully saturated rings. The summed E-state index contributed by atoms with van der Waals surface area (Å²) in [7, 11) is 3.43. The third-order valence-corrected chi connectivity index (χ3v) is 2.05. The van der Waals surface area contributed by atoms with Crippen LogP contribution >= 0.6 is 0 Å². The first-order valence-electron chi connectivity index (χ1n) is 4.38. The van der Waals surface area contributed by atoms with E-state index in [-0.39, 0.29) is 17.6 Å². The molecule has 0 heterocycles. The maximum absolute atomic E-state index is 9.29. The summed E-state index contributed by atoms with van der Waals surface area (Å²) in [6.07, 6.45) is -0.119. The number of benzene rings is 1. The first-order chi connectivity index (χ1) is 6.69. The number of rotatable bonds is 4. The van der Waals surface area contributed by atoms with E-state index in [1.165, 1.54) is 12.1 Å². The molecule has 0 saturated heterocycles. The lowest BCUT2D eigenvalue weighted by atomic mass is 10.1. The zero-order valence-electron chi connectivity index (χ0n) is 8.32. The highest BCUT2D eigenvalue weighted by Crippen LogP contribution is 2.28. The van der Waals surface area contributed by atoms with Crippen molar-refractivity contribution < 1.29 is 14.9 Å². The van der Waals surface area contributed by atoms with Gasteiger partial charge < -0.3 is 20.3 Å². The van der Waals surface area contributed by atoms with Crippen molar-refractivity contribution >= 4 is 0 Å². The smallest absolute Gasteiger partial charge is 0.157 e. The van der Waals surface area contributed by atoms with Gasteiger partial charge in [-0.1, -0.05) is 6.07 Å². The van der Waals surface area contributed by atoms with E-state index in [0.29, 0.717) is 6.54 Å². The molecule has 4 heteroatoms. The standard InChI is InChI=1S/C10H15NO3/c1-11-6-10(14-2)7-3-4-8(12)9(13)5-7/h3-5,10-13H,6H2,1-2H3/t10-/m0/s1.